The lowest BCUT2D eigenvalue weighted by atomic mass is 10.0. The highest BCUT2D eigenvalue weighted by molar-refractivity contribution is 7.71. The molecule has 0 aliphatic carbocycles. The number of ether oxygens (including phenoxy) is 2. The van der Waals surface area contributed by atoms with E-state index in [1.54, 1.807) is 21.4 Å². The molecule has 142 valence electrons. The van der Waals surface area contributed by atoms with Gasteiger partial charge in [0.1, 0.15) is 11.9 Å². The van der Waals surface area contributed by atoms with Crippen LogP contribution in [0.2, 0.25) is 0 Å². The smallest absolute Gasteiger partial charge is 0.218 e. The second-order valence-corrected chi connectivity index (χ2v) is 7.17. The zero-order valence-electron chi connectivity index (χ0n) is 14.7. The first-order valence-corrected chi connectivity index (χ1v) is 9.35. The van der Waals surface area contributed by atoms with Gasteiger partial charge in [-0.05, 0) is 36.5 Å². The number of hydrogen-bond acceptors (Lipinski definition) is 5. The summed E-state index contributed by atoms with van der Waals surface area (Å²) in [6, 6.07) is 15.3. The maximum Gasteiger partial charge on any atom is 0.218 e. The third-order valence-electron chi connectivity index (χ3n) is 5.03. The lowest BCUT2D eigenvalue weighted by Gasteiger charge is -2.26. The monoisotopic (exact) mass is 397 g/mol. The van der Waals surface area contributed by atoms with Crippen molar-refractivity contribution < 1.29 is 18.7 Å². The Morgan fingerprint density at radius 1 is 1.14 bits per heavy atom. The van der Waals surface area contributed by atoms with Gasteiger partial charge in [-0.1, -0.05) is 30.3 Å². The molecule has 5 rings (SSSR count). The summed E-state index contributed by atoms with van der Waals surface area (Å²) in [6.07, 6.45) is -0.846. The van der Waals surface area contributed by atoms with E-state index >= 15 is 0 Å². The molecular weight excluding hydrogens is 381 g/mol. The van der Waals surface area contributed by atoms with Crippen LogP contribution < -0.4 is 0 Å². The maximum absolute atomic E-state index is 13.9. The number of carbonyl (C=O) groups excluding carboxylic acids is 1. The summed E-state index contributed by atoms with van der Waals surface area (Å²) in [5.41, 5.74) is 1.40. The van der Waals surface area contributed by atoms with Crippen molar-refractivity contribution >= 4 is 18.0 Å². The van der Waals surface area contributed by atoms with Gasteiger partial charge in [-0.3, -0.25) is 9.36 Å². The van der Waals surface area contributed by atoms with Crippen molar-refractivity contribution in [3.63, 3.8) is 0 Å². The number of aromatic nitrogens is 3. The van der Waals surface area contributed by atoms with Crippen molar-refractivity contribution in [3.05, 3.63) is 65.2 Å². The van der Waals surface area contributed by atoms with E-state index in [0.717, 1.165) is 5.69 Å². The third-order valence-corrected chi connectivity index (χ3v) is 5.40. The summed E-state index contributed by atoms with van der Waals surface area (Å²) in [7, 11) is 0. The van der Waals surface area contributed by atoms with Crippen molar-refractivity contribution in [2.24, 2.45) is 0 Å². The normalized spacial score (nSPS) is 23.9. The molecule has 2 bridgehead atoms. The van der Waals surface area contributed by atoms with Crippen LogP contribution >= 0.6 is 12.2 Å². The molecule has 2 fully saturated rings. The number of carbonyl (C=O) groups is 1. The lowest BCUT2D eigenvalue weighted by molar-refractivity contribution is -0.156. The molecule has 3 aromatic rings. The highest BCUT2D eigenvalue weighted by atomic mass is 32.1. The molecule has 3 heterocycles. The van der Waals surface area contributed by atoms with E-state index in [2.05, 4.69) is 0 Å². The van der Waals surface area contributed by atoms with Crippen molar-refractivity contribution in [1.29, 1.82) is 0 Å². The van der Waals surface area contributed by atoms with Crippen LogP contribution in [0.15, 0.2) is 54.6 Å². The van der Waals surface area contributed by atoms with Gasteiger partial charge in [0.15, 0.2) is 11.6 Å². The third kappa shape index (κ3) is 2.81. The number of ketones is 1. The first kappa shape index (κ1) is 17.4. The Kier molecular flexibility index (Phi) is 4.19. The standard InChI is InChI=1S/C20H16FN3O3S/c21-13-6-4-5-12(9-13)18-22-24(15-10-16(25)19-26-11-17(15)27-19)20(28)23(18)14-7-2-1-3-8-14/h1-9,15,17,19H,10-11H2/t15-,17-,19+/m0/s1. The first-order chi connectivity index (χ1) is 13.6. The summed E-state index contributed by atoms with van der Waals surface area (Å²) in [5, 5.41) is 4.69. The molecule has 2 saturated heterocycles. The predicted molar refractivity (Wildman–Crippen MR) is 101 cm³/mol. The summed E-state index contributed by atoms with van der Waals surface area (Å²) in [6.45, 7) is 0.316. The van der Waals surface area contributed by atoms with E-state index in [1.807, 2.05) is 30.3 Å². The summed E-state index contributed by atoms with van der Waals surface area (Å²) < 4.78 is 28.8. The summed E-state index contributed by atoms with van der Waals surface area (Å²) in [5.74, 6) is 0.0206. The van der Waals surface area contributed by atoms with Crippen LogP contribution in [-0.2, 0) is 14.3 Å². The second-order valence-electron chi connectivity index (χ2n) is 6.81. The van der Waals surface area contributed by atoms with Crippen LogP contribution in [-0.4, -0.2) is 39.1 Å². The number of halogens is 1. The summed E-state index contributed by atoms with van der Waals surface area (Å²) >= 11 is 5.72. The van der Waals surface area contributed by atoms with Gasteiger partial charge in [-0.2, -0.15) is 5.10 Å². The van der Waals surface area contributed by atoms with Crippen LogP contribution in [0.1, 0.15) is 12.5 Å². The van der Waals surface area contributed by atoms with Gasteiger partial charge in [-0.25, -0.2) is 9.07 Å². The topological polar surface area (TPSA) is 58.3 Å². The number of hydrogen-bond donors (Lipinski definition) is 0. The molecule has 0 spiro atoms. The fourth-order valence-corrected chi connectivity index (χ4v) is 4.06. The first-order valence-electron chi connectivity index (χ1n) is 8.94. The van der Waals surface area contributed by atoms with E-state index in [-0.39, 0.29) is 30.2 Å². The van der Waals surface area contributed by atoms with Crippen molar-refractivity contribution in [1.82, 2.24) is 14.3 Å². The van der Waals surface area contributed by atoms with Crippen LogP contribution in [0.3, 0.4) is 0 Å². The highest BCUT2D eigenvalue weighted by Gasteiger charge is 2.45. The Bertz CT molecular complexity index is 1110. The fraction of sp³-hybridized carbons (Fsp3) is 0.250. The number of nitrogens with zero attached hydrogens (tertiary/aromatic N) is 3. The van der Waals surface area contributed by atoms with Crippen molar-refractivity contribution in [2.45, 2.75) is 24.9 Å². The highest BCUT2D eigenvalue weighted by Crippen LogP contribution is 2.34. The molecule has 0 saturated carbocycles. The van der Waals surface area contributed by atoms with Gasteiger partial charge < -0.3 is 9.47 Å². The van der Waals surface area contributed by atoms with Gasteiger partial charge in [0.2, 0.25) is 11.1 Å². The number of benzene rings is 2. The molecule has 8 heteroatoms. The Labute approximate surface area is 165 Å². The molecule has 6 nitrogen and oxygen atoms in total. The quantitative estimate of drug-likeness (QED) is 0.634. The largest absolute Gasteiger partial charge is 0.343 e. The average Bonchev–Trinajstić information content (AvgIpc) is 3.28. The van der Waals surface area contributed by atoms with Crippen LogP contribution in [0, 0.1) is 10.6 Å². The van der Waals surface area contributed by atoms with E-state index < -0.39 is 6.29 Å². The minimum Gasteiger partial charge on any atom is -0.343 e. The molecule has 2 aromatic carbocycles. The van der Waals surface area contributed by atoms with E-state index in [9.17, 15) is 9.18 Å². The zero-order valence-corrected chi connectivity index (χ0v) is 15.5. The van der Waals surface area contributed by atoms with Crippen LogP contribution in [0.5, 0.6) is 0 Å². The lowest BCUT2D eigenvalue weighted by Crippen LogP contribution is -2.37. The van der Waals surface area contributed by atoms with E-state index in [0.29, 0.717) is 22.8 Å². The molecular formula is C20H16FN3O3S. The van der Waals surface area contributed by atoms with E-state index in [4.69, 9.17) is 26.8 Å². The van der Waals surface area contributed by atoms with E-state index in [1.165, 1.54) is 12.1 Å². The maximum atomic E-state index is 13.9. The Balaban J connectivity index is 1.70. The van der Waals surface area contributed by atoms with Crippen molar-refractivity contribution in [2.75, 3.05) is 6.61 Å². The molecule has 3 atom stereocenters. The van der Waals surface area contributed by atoms with Gasteiger partial charge in [0.25, 0.3) is 0 Å². The minimum absolute atomic E-state index is 0.123. The van der Waals surface area contributed by atoms with Crippen LogP contribution in [0.4, 0.5) is 4.39 Å². The molecule has 0 N–H and O–H groups in total. The number of para-hydroxylation sites is 1. The second kappa shape index (κ2) is 6.73. The van der Waals surface area contributed by atoms with Gasteiger partial charge in [0, 0.05) is 17.7 Å². The Hall–Kier alpha value is -2.68. The Morgan fingerprint density at radius 2 is 1.96 bits per heavy atom. The molecule has 0 unspecified atom stereocenters. The van der Waals surface area contributed by atoms with Gasteiger partial charge >= 0.3 is 0 Å². The summed E-state index contributed by atoms with van der Waals surface area (Å²) in [4.78, 5) is 12.2. The molecule has 28 heavy (non-hydrogen) atoms. The molecule has 0 amide bonds. The SMILES string of the molecule is O=C1C[C@H](n2nc(-c3cccc(F)c3)n(-c3ccccc3)c2=S)[C@@H]2CO[C@@H]1O2. The molecule has 0 radical (unpaired) electrons. The number of rotatable bonds is 3. The molecule has 1 aromatic heterocycles. The minimum atomic E-state index is -0.783. The predicted octanol–water partition coefficient (Wildman–Crippen LogP) is 3.46. The van der Waals surface area contributed by atoms with Gasteiger partial charge in [-0.15, -0.1) is 0 Å². The molecule has 2 aliphatic heterocycles. The van der Waals surface area contributed by atoms with Crippen LogP contribution in [0.25, 0.3) is 17.1 Å². The zero-order chi connectivity index (χ0) is 19.3. The molecule has 2 aliphatic rings. The number of Topliss-reactive ketones (excluding diaryl/α,β-unsaturated/α-hetero) is 1. The number of fused-ring (bicyclic) bond motifs is 2. The Morgan fingerprint density at radius 3 is 2.75 bits per heavy atom. The fourth-order valence-electron chi connectivity index (χ4n) is 3.69. The van der Waals surface area contributed by atoms with Gasteiger partial charge in [0.05, 0.1) is 12.6 Å². The van der Waals surface area contributed by atoms with Crippen molar-refractivity contribution in [3.8, 4) is 17.1 Å². The average molecular weight is 397 g/mol.